The van der Waals surface area contributed by atoms with Crippen LogP contribution in [0.2, 0.25) is 0 Å². The molecule has 5 fully saturated rings. The molecule has 13 heteroatoms. The Balaban J connectivity index is 1.21. The first kappa shape index (κ1) is 27.9. The van der Waals surface area contributed by atoms with Crippen LogP contribution in [-0.4, -0.2) is 81.0 Å². The maximum atomic E-state index is 14.8. The van der Waals surface area contributed by atoms with Gasteiger partial charge in [-0.1, -0.05) is 11.3 Å². The van der Waals surface area contributed by atoms with Gasteiger partial charge in [0, 0.05) is 50.2 Å². The minimum absolute atomic E-state index is 0.167. The van der Waals surface area contributed by atoms with Gasteiger partial charge in [-0.3, -0.25) is 9.69 Å². The maximum Gasteiger partial charge on any atom is 0.319 e. The van der Waals surface area contributed by atoms with Crippen LogP contribution in [0.1, 0.15) is 44.9 Å². The molecule has 1 aliphatic carbocycles. The first-order chi connectivity index (χ1) is 21.8. The highest BCUT2D eigenvalue weighted by atomic mass is 32.1. The molecule has 7 heterocycles. The lowest BCUT2D eigenvalue weighted by atomic mass is 9.95. The fourth-order valence-corrected chi connectivity index (χ4v) is 9.04. The number of fused-ring (bicyclic) bond motifs is 5. The van der Waals surface area contributed by atoms with Gasteiger partial charge in [-0.05, 0) is 69.2 Å². The third-order valence-corrected chi connectivity index (χ3v) is 11.5. The highest BCUT2D eigenvalue weighted by molar-refractivity contribution is 7.22. The van der Waals surface area contributed by atoms with E-state index in [0.29, 0.717) is 82.3 Å². The van der Waals surface area contributed by atoms with Gasteiger partial charge in [-0.2, -0.15) is 9.97 Å². The number of pyridine rings is 1. The predicted molar refractivity (Wildman–Crippen MR) is 170 cm³/mol. The number of hydrogen-bond acceptors (Lipinski definition) is 10. The summed E-state index contributed by atoms with van der Waals surface area (Å²) in [6.45, 7) is 3.64. The van der Waals surface area contributed by atoms with Gasteiger partial charge in [0.2, 0.25) is 0 Å². The number of benzene rings is 1. The molecule has 4 aromatic rings. The smallest absolute Gasteiger partial charge is 0.319 e. The molecule has 45 heavy (non-hydrogen) atoms. The van der Waals surface area contributed by atoms with E-state index in [1.807, 2.05) is 10.6 Å². The van der Waals surface area contributed by atoms with Crippen molar-refractivity contribution >= 4 is 43.4 Å². The monoisotopic (exact) mass is 634 g/mol. The van der Waals surface area contributed by atoms with Crippen LogP contribution in [0.4, 0.5) is 19.7 Å². The average molecular weight is 635 g/mol. The topological polar surface area (TPSA) is 114 Å². The van der Waals surface area contributed by atoms with Gasteiger partial charge in [0.15, 0.2) is 5.13 Å². The molecule has 2 unspecified atom stereocenters. The molecule has 3 N–H and O–H groups in total. The fourth-order valence-electron chi connectivity index (χ4n) is 8.28. The first-order valence-corrected chi connectivity index (χ1v) is 17.0. The van der Waals surface area contributed by atoms with Crippen molar-refractivity contribution in [2.45, 2.75) is 75.3 Å². The SMILES string of the molecule is Nc1nc2c(-c3cc4nc(OC[C@@]56CCCN5C[C@H](F)C6)nc(N5CC6CCC(C5)N6)c4c(=O)n3CC3CC3)ccc(F)c2s1. The summed E-state index contributed by atoms with van der Waals surface area (Å²) in [7, 11) is 0. The number of halogens is 2. The lowest BCUT2D eigenvalue weighted by Gasteiger charge is -2.34. The molecule has 1 aromatic carbocycles. The molecule has 2 bridgehead atoms. The van der Waals surface area contributed by atoms with Crippen molar-refractivity contribution in [1.29, 1.82) is 0 Å². The van der Waals surface area contributed by atoms with Crippen LogP contribution in [-0.2, 0) is 6.54 Å². The molecule has 10 nitrogen and oxygen atoms in total. The van der Waals surface area contributed by atoms with E-state index in [9.17, 15) is 13.6 Å². The number of nitrogens with two attached hydrogens (primary N) is 1. The Bertz CT molecular complexity index is 1880. The minimum atomic E-state index is -0.863. The summed E-state index contributed by atoms with van der Waals surface area (Å²) < 4.78 is 37.9. The summed E-state index contributed by atoms with van der Waals surface area (Å²) in [6.07, 6.45) is 5.76. The maximum absolute atomic E-state index is 14.8. The quantitative estimate of drug-likeness (QED) is 0.310. The summed E-state index contributed by atoms with van der Waals surface area (Å²) in [5.41, 5.74) is 7.70. The summed E-state index contributed by atoms with van der Waals surface area (Å²) in [6, 6.07) is 5.85. The molecule has 9 rings (SSSR count). The van der Waals surface area contributed by atoms with Crippen molar-refractivity contribution in [2.75, 3.05) is 43.4 Å². The zero-order chi connectivity index (χ0) is 30.4. The lowest BCUT2D eigenvalue weighted by Crippen LogP contribution is -2.51. The zero-order valence-electron chi connectivity index (χ0n) is 25.0. The second-order valence-corrected chi connectivity index (χ2v) is 14.7. The number of aromatic nitrogens is 4. The number of nitrogen functional groups attached to an aromatic ring is 1. The molecule has 4 saturated heterocycles. The van der Waals surface area contributed by atoms with E-state index >= 15 is 0 Å². The number of alkyl halides is 1. The number of thiazole rings is 1. The lowest BCUT2D eigenvalue weighted by molar-refractivity contribution is 0.107. The molecular weight excluding hydrogens is 598 g/mol. The molecular formula is C32H36F2N8O2S. The van der Waals surface area contributed by atoms with Crippen LogP contribution in [0.5, 0.6) is 6.01 Å². The molecule has 236 valence electrons. The average Bonchev–Trinajstić information content (AvgIpc) is 3.28. The van der Waals surface area contributed by atoms with E-state index in [1.165, 1.54) is 6.07 Å². The largest absolute Gasteiger partial charge is 0.461 e. The van der Waals surface area contributed by atoms with Crippen molar-refractivity contribution in [3.8, 4) is 17.3 Å². The third-order valence-electron chi connectivity index (χ3n) is 10.6. The minimum Gasteiger partial charge on any atom is -0.461 e. The summed E-state index contributed by atoms with van der Waals surface area (Å²) >= 11 is 1.10. The molecule has 0 amide bonds. The van der Waals surface area contributed by atoms with E-state index < -0.39 is 12.0 Å². The zero-order valence-corrected chi connectivity index (χ0v) is 25.8. The second-order valence-electron chi connectivity index (χ2n) is 13.7. The predicted octanol–water partition coefficient (Wildman–Crippen LogP) is 4.10. The molecule has 1 saturated carbocycles. The summed E-state index contributed by atoms with van der Waals surface area (Å²) in [4.78, 5) is 33.3. The number of rotatable bonds is 7. The third kappa shape index (κ3) is 4.68. The van der Waals surface area contributed by atoms with Gasteiger partial charge < -0.3 is 25.3 Å². The highest BCUT2D eigenvalue weighted by Crippen LogP contribution is 2.41. The van der Waals surface area contributed by atoms with E-state index in [4.69, 9.17) is 20.4 Å². The van der Waals surface area contributed by atoms with Crippen LogP contribution in [0.15, 0.2) is 23.0 Å². The van der Waals surface area contributed by atoms with E-state index in [1.54, 1.807) is 6.07 Å². The second kappa shape index (κ2) is 10.3. The number of ether oxygens (including phenoxy) is 1. The fraction of sp³-hybridized carbons (Fsp3) is 0.562. The van der Waals surface area contributed by atoms with Gasteiger partial charge in [0.25, 0.3) is 5.56 Å². The molecule has 0 radical (unpaired) electrons. The Labute approximate surface area is 262 Å². The number of anilines is 2. The Morgan fingerprint density at radius 1 is 1.11 bits per heavy atom. The van der Waals surface area contributed by atoms with Crippen molar-refractivity contribution < 1.29 is 13.5 Å². The van der Waals surface area contributed by atoms with Gasteiger partial charge in [0.1, 0.15) is 29.8 Å². The molecule has 0 spiro atoms. The molecule has 4 aliphatic heterocycles. The Morgan fingerprint density at radius 2 is 1.93 bits per heavy atom. The van der Waals surface area contributed by atoms with Crippen molar-refractivity contribution in [2.24, 2.45) is 5.92 Å². The van der Waals surface area contributed by atoms with E-state index in [2.05, 4.69) is 20.1 Å². The first-order valence-electron chi connectivity index (χ1n) is 16.2. The molecule has 4 atom stereocenters. The summed E-state index contributed by atoms with van der Waals surface area (Å²) in [5, 5.41) is 4.41. The van der Waals surface area contributed by atoms with E-state index in [0.717, 1.165) is 69.5 Å². The highest BCUT2D eigenvalue weighted by Gasteiger charge is 2.49. The van der Waals surface area contributed by atoms with Gasteiger partial charge in [0.05, 0.1) is 27.0 Å². The molecule has 5 aliphatic rings. The normalized spacial score (nSPS) is 28.0. The number of piperazine rings is 1. The van der Waals surface area contributed by atoms with Gasteiger partial charge in [-0.25, -0.2) is 13.8 Å². The van der Waals surface area contributed by atoms with Crippen LogP contribution in [0, 0.1) is 11.7 Å². The van der Waals surface area contributed by atoms with Crippen LogP contribution in [0.25, 0.3) is 32.4 Å². The van der Waals surface area contributed by atoms with Crippen molar-refractivity contribution in [3.05, 3.63) is 34.4 Å². The van der Waals surface area contributed by atoms with Crippen LogP contribution >= 0.6 is 11.3 Å². The molecule has 3 aromatic heterocycles. The number of nitrogens with zero attached hydrogens (tertiary/aromatic N) is 6. The summed E-state index contributed by atoms with van der Waals surface area (Å²) in [5.74, 6) is 0.597. The van der Waals surface area contributed by atoms with Gasteiger partial charge >= 0.3 is 6.01 Å². The van der Waals surface area contributed by atoms with E-state index in [-0.39, 0.29) is 22.2 Å². The van der Waals surface area contributed by atoms with Crippen LogP contribution in [0.3, 0.4) is 0 Å². The number of hydrogen-bond donors (Lipinski definition) is 2. The number of nitrogens with one attached hydrogen (secondary N) is 1. The Morgan fingerprint density at radius 3 is 2.73 bits per heavy atom. The standard InChI is InChI=1S/C32H36F2N8O2S/c33-18-11-32(8-1-9-41(32)13-18)16-44-31-37-23-10-24(21-6-7-22(34)27-26(21)38-30(35)45-27)42(12-17-2-3-17)29(43)25(23)28(39-31)40-14-19-4-5-20(15-40)36-19/h6-7,10,17-20,36H,1-5,8-9,11-16H2,(H2,35,38)/t18-,19?,20?,32+/m1/s1. The Hall–Kier alpha value is -3.42. The Kier molecular flexibility index (Phi) is 6.37. The van der Waals surface area contributed by atoms with Gasteiger partial charge in [-0.15, -0.1) is 0 Å². The van der Waals surface area contributed by atoms with Crippen molar-refractivity contribution in [3.63, 3.8) is 0 Å². The van der Waals surface area contributed by atoms with Crippen LogP contribution < -0.4 is 26.2 Å². The van der Waals surface area contributed by atoms with Crippen molar-refractivity contribution in [1.82, 2.24) is 29.7 Å².